The van der Waals surface area contributed by atoms with E-state index in [9.17, 15) is 13.2 Å². The molecule has 0 saturated carbocycles. The highest BCUT2D eigenvalue weighted by Gasteiger charge is 2.18. The largest absolute Gasteiger partial charge is 0.440 e. The predicted molar refractivity (Wildman–Crippen MR) is 79.5 cm³/mol. The number of anilines is 1. The fourth-order valence-corrected chi connectivity index (χ4v) is 2.87. The van der Waals surface area contributed by atoms with Crippen molar-refractivity contribution in [2.75, 3.05) is 5.32 Å². The third-order valence-electron chi connectivity index (χ3n) is 2.38. The van der Waals surface area contributed by atoms with E-state index in [0.717, 1.165) is 12.1 Å². The molecule has 0 aliphatic rings. The minimum atomic E-state index is -3.96. The standard InChI is InChI=1S/C11H7Cl3N2O4S/c12-6-3-5(21(15,18)19)4-7(13)10(6)16-11(17)8-1-2-9(14)20-8/h1-4H,(H,16,17)(H2,15,18,19). The van der Waals surface area contributed by atoms with Crippen molar-refractivity contribution in [2.45, 2.75) is 4.90 Å². The van der Waals surface area contributed by atoms with Gasteiger partial charge in [-0.2, -0.15) is 0 Å². The van der Waals surface area contributed by atoms with Gasteiger partial charge in [0.2, 0.25) is 10.0 Å². The number of furan rings is 1. The van der Waals surface area contributed by atoms with Gasteiger partial charge in [-0.05, 0) is 35.9 Å². The fraction of sp³-hybridized carbons (Fsp3) is 0. The monoisotopic (exact) mass is 368 g/mol. The van der Waals surface area contributed by atoms with Crippen molar-refractivity contribution < 1.29 is 17.6 Å². The summed E-state index contributed by atoms with van der Waals surface area (Å²) in [4.78, 5) is 11.6. The smallest absolute Gasteiger partial charge is 0.291 e. The van der Waals surface area contributed by atoms with Crippen LogP contribution in [0, 0.1) is 0 Å². The number of halogens is 3. The van der Waals surface area contributed by atoms with E-state index in [-0.39, 0.29) is 31.6 Å². The third-order valence-corrected chi connectivity index (χ3v) is 4.07. The summed E-state index contributed by atoms with van der Waals surface area (Å²) in [5, 5.41) is 7.25. The van der Waals surface area contributed by atoms with Crippen molar-refractivity contribution in [3.05, 3.63) is 45.3 Å². The summed E-state index contributed by atoms with van der Waals surface area (Å²) < 4.78 is 27.4. The van der Waals surface area contributed by atoms with Crippen LogP contribution < -0.4 is 10.5 Å². The van der Waals surface area contributed by atoms with E-state index in [1.807, 2.05) is 0 Å². The number of nitrogens with two attached hydrogens (primary N) is 1. The van der Waals surface area contributed by atoms with Gasteiger partial charge in [0.25, 0.3) is 5.91 Å². The maximum Gasteiger partial charge on any atom is 0.291 e. The highest BCUT2D eigenvalue weighted by Crippen LogP contribution is 2.33. The zero-order chi connectivity index (χ0) is 15.8. The van der Waals surface area contributed by atoms with Gasteiger partial charge in [0.05, 0.1) is 20.6 Å². The zero-order valence-corrected chi connectivity index (χ0v) is 13.1. The Bertz CT molecular complexity index is 794. The Morgan fingerprint density at radius 2 is 1.71 bits per heavy atom. The molecule has 1 aromatic carbocycles. The summed E-state index contributed by atoms with van der Waals surface area (Å²) in [6.07, 6.45) is 0. The molecule has 0 aliphatic carbocycles. The molecular weight excluding hydrogens is 363 g/mol. The lowest BCUT2D eigenvalue weighted by Crippen LogP contribution is -2.14. The molecule has 1 amide bonds. The minimum absolute atomic E-state index is 0.0308. The fourth-order valence-electron chi connectivity index (χ4n) is 1.45. The number of hydrogen-bond donors (Lipinski definition) is 2. The molecule has 0 saturated heterocycles. The van der Waals surface area contributed by atoms with E-state index < -0.39 is 15.9 Å². The van der Waals surface area contributed by atoms with Crippen molar-refractivity contribution in [3.8, 4) is 0 Å². The van der Waals surface area contributed by atoms with Crippen molar-refractivity contribution >= 4 is 56.4 Å². The normalized spacial score (nSPS) is 11.4. The number of primary sulfonamides is 1. The van der Waals surface area contributed by atoms with E-state index in [1.54, 1.807) is 0 Å². The summed E-state index contributed by atoms with van der Waals surface area (Å²) in [7, 11) is -3.96. The van der Waals surface area contributed by atoms with E-state index in [0.29, 0.717) is 0 Å². The van der Waals surface area contributed by atoms with Crippen LogP contribution in [0.25, 0.3) is 0 Å². The number of carbonyl (C=O) groups excluding carboxylic acids is 1. The number of nitrogens with one attached hydrogen (secondary N) is 1. The van der Waals surface area contributed by atoms with Crippen LogP contribution in [-0.4, -0.2) is 14.3 Å². The first-order valence-corrected chi connectivity index (χ1v) is 7.95. The van der Waals surface area contributed by atoms with Crippen LogP contribution in [0.3, 0.4) is 0 Å². The van der Waals surface area contributed by atoms with Gasteiger partial charge >= 0.3 is 0 Å². The van der Waals surface area contributed by atoms with Crippen LogP contribution >= 0.6 is 34.8 Å². The van der Waals surface area contributed by atoms with Crippen LogP contribution in [-0.2, 0) is 10.0 Å². The van der Waals surface area contributed by atoms with Gasteiger partial charge in [-0.15, -0.1) is 0 Å². The van der Waals surface area contributed by atoms with Crippen molar-refractivity contribution in [3.63, 3.8) is 0 Å². The molecule has 1 heterocycles. The summed E-state index contributed by atoms with van der Waals surface area (Å²) in [6.45, 7) is 0. The first kappa shape index (κ1) is 16.1. The van der Waals surface area contributed by atoms with Crippen molar-refractivity contribution in [1.29, 1.82) is 0 Å². The SMILES string of the molecule is NS(=O)(=O)c1cc(Cl)c(NC(=O)c2ccc(Cl)o2)c(Cl)c1. The molecule has 0 aliphatic heterocycles. The van der Waals surface area contributed by atoms with E-state index >= 15 is 0 Å². The third kappa shape index (κ3) is 3.69. The molecule has 6 nitrogen and oxygen atoms in total. The van der Waals surface area contributed by atoms with Crippen LogP contribution in [0.5, 0.6) is 0 Å². The molecule has 112 valence electrons. The first-order valence-electron chi connectivity index (χ1n) is 5.27. The maximum absolute atomic E-state index is 11.9. The molecule has 0 atom stereocenters. The van der Waals surface area contributed by atoms with Crippen LogP contribution in [0.4, 0.5) is 5.69 Å². The average Bonchev–Trinajstić information content (AvgIpc) is 2.79. The maximum atomic E-state index is 11.9. The summed E-state index contributed by atoms with van der Waals surface area (Å²) in [5.41, 5.74) is 0.0308. The summed E-state index contributed by atoms with van der Waals surface area (Å²) in [6, 6.07) is 4.91. The lowest BCUT2D eigenvalue weighted by molar-refractivity contribution is 0.0997. The molecule has 10 heteroatoms. The van der Waals surface area contributed by atoms with Crippen LogP contribution in [0.15, 0.2) is 33.6 Å². The van der Waals surface area contributed by atoms with Crippen LogP contribution in [0.2, 0.25) is 15.3 Å². The molecule has 0 spiro atoms. The van der Waals surface area contributed by atoms with E-state index in [4.69, 9.17) is 44.4 Å². The van der Waals surface area contributed by atoms with Gasteiger partial charge < -0.3 is 9.73 Å². The molecule has 3 N–H and O–H groups in total. The topological polar surface area (TPSA) is 102 Å². The molecule has 0 bridgehead atoms. The second-order valence-corrected chi connectivity index (χ2v) is 6.61. The number of rotatable bonds is 3. The Labute approximate surface area is 134 Å². The minimum Gasteiger partial charge on any atom is -0.440 e. The van der Waals surface area contributed by atoms with E-state index in [2.05, 4.69) is 5.32 Å². The highest BCUT2D eigenvalue weighted by atomic mass is 35.5. The lowest BCUT2D eigenvalue weighted by Gasteiger charge is -2.09. The zero-order valence-electron chi connectivity index (χ0n) is 10.1. The summed E-state index contributed by atoms with van der Waals surface area (Å²) in [5.74, 6) is -0.697. The predicted octanol–water partition coefficient (Wildman–Crippen LogP) is 3.14. The lowest BCUT2D eigenvalue weighted by atomic mass is 10.3. The number of sulfonamides is 1. The van der Waals surface area contributed by atoms with Crippen molar-refractivity contribution in [2.24, 2.45) is 5.14 Å². The highest BCUT2D eigenvalue weighted by molar-refractivity contribution is 7.89. The molecular formula is C11H7Cl3N2O4S. The second-order valence-electron chi connectivity index (χ2n) is 3.86. The molecule has 0 unspecified atom stereocenters. The Morgan fingerprint density at radius 1 is 1.14 bits per heavy atom. The van der Waals surface area contributed by atoms with Gasteiger partial charge in [0.15, 0.2) is 11.0 Å². The second kappa shape index (κ2) is 5.86. The Kier molecular flexibility index (Phi) is 4.50. The van der Waals surface area contributed by atoms with Gasteiger partial charge in [-0.25, -0.2) is 13.6 Å². The molecule has 2 aromatic rings. The van der Waals surface area contributed by atoms with Gasteiger partial charge in [0.1, 0.15) is 0 Å². The van der Waals surface area contributed by atoms with Crippen molar-refractivity contribution in [1.82, 2.24) is 0 Å². The Balaban J connectivity index is 2.35. The molecule has 2 rings (SSSR count). The number of hydrogen-bond acceptors (Lipinski definition) is 4. The van der Waals surface area contributed by atoms with Crippen LogP contribution in [0.1, 0.15) is 10.6 Å². The summed E-state index contributed by atoms with van der Waals surface area (Å²) >= 11 is 17.4. The molecule has 1 aromatic heterocycles. The first-order chi connectivity index (χ1) is 9.68. The van der Waals surface area contributed by atoms with E-state index in [1.165, 1.54) is 12.1 Å². The van der Waals surface area contributed by atoms with Gasteiger partial charge in [0, 0.05) is 0 Å². The number of carbonyl (C=O) groups is 1. The van der Waals surface area contributed by atoms with Gasteiger partial charge in [-0.3, -0.25) is 4.79 Å². The Hall–Kier alpha value is -1.25. The van der Waals surface area contributed by atoms with Gasteiger partial charge in [-0.1, -0.05) is 23.2 Å². The molecule has 21 heavy (non-hydrogen) atoms. The molecule has 0 radical (unpaired) electrons. The average molecular weight is 370 g/mol. The number of amides is 1. The molecule has 0 fully saturated rings. The quantitative estimate of drug-likeness (QED) is 0.867. The Morgan fingerprint density at radius 3 is 2.14 bits per heavy atom. The number of benzene rings is 1.